The average Bonchev–Trinajstić information content (AvgIpc) is 1.81. The second-order valence-electron chi connectivity index (χ2n) is 1.98. The van der Waals surface area contributed by atoms with Crippen LogP contribution in [0.5, 0.6) is 0 Å². The normalized spacial score (nSPS) is 13.6. The zero-order valence-corrected chi connectivity index (χ0v) is 7.49. The molecule has 0 saturated heterocycles. The fourth-order valence-corrected chi connectivity index (χ4v) is 1.53. The maximum atomic E-state index is 12.1. The van der Waals surface area contributed by atoms with Crippen LogP contribution < -0.4 is 0 Å². The van der Waals surface area contributed by atoms with Gasteiger partial charge in [0.25, 0.3) is 0 Å². The van der Waals surface area contributed by atoms with Gasteiger partial charge in [0, 0.05) is 0 Å². The van der Waals surface area contributed by atoms with Gasteiger partial charge in [-0.1, -0.05) is 0 Å². The van der Waals surface area contributed by atoms with E-state index in [9.17, 15) is 34.4 Å². The Kier molecular flexibility index (Phi) is 7.66. The Hall–Kier alpha value is 0.735. The Bertz CT molecular complexity index is 385. The van der Waals surface area contributed by atoms with Crippen molar-refractivity contribution < 1.29 is 43.5 Å². The third kappa shape index (κ3) is 3.61. The van der Waals surface area contributed by atoms with Gasteiger partial charge in [0.1, 0.15) is 0 Å². The van der Waals surface area contributed by atoms with Crippen LogP contribution in [0.15, 0.2) is 0 Å². The molecule has 0 heterocycles. The van der Waals surface area contributed by atoms with Crippen molar-refractivity contribution in [3.05, 3.63) is 0 Å². The van der Waals surface area contributed by atoms with Gasteiger partial charge in [-0.25, -0.2) is 0 Å². The van der Waals surface area contributed by atoms with E-state index in [1.165, 1.54) is 0 Å². The number of halogens is 4. The molecule has 0 bridgehead atoms. The van der Waals surface area contributed by atoms with Crippen LogP contribution in [0.25, 0.3) is 0 Å². The van der Waals surface area contributed by atoms with E-state index in [1.54, 1.807) is 0 Å². The summed E-state index contributed by atoms with van der Waals surface area (Å²) in [6.45, 7) is 0. The van der Waals surface area contributed by atoms with Gasteiger partial charge in [-0.2, -0.15) is 34.4 Å². The molecule has 0 spiro atoms. The molecule has 0 aliphatic heterocycles. The van der Waals surface area contributed by atoms with Crippen molar-refractivity contribution in [3.8, 4) is 0 Å². The van der Waals surface area contributed by atoms with Crippen LogP contribution in [0.4, 0.5) is 17.6 Å². The van der Waals surface area contributed by atoms with Crippen molar-refractivity contribution in [2.24, 2.45) is 0 Å². The predicted octanol–water partition coefficient (Wildman–Crippen LogP) is -1.35. The first kappa shape index (κ1) is 22.0. The molecule has 0 amide bonds. The van der Waals surface area contributed by atoms with Gasteiger partial charge >= 0.3 is 68.5 Å². The first-order valence-corrected chi connectivity index (χ1v) is 5.33. The molecule has 14 heteroatoms. The van der Waals surface area contributed by atoms with Gasteiger partial charge in [0.05, 0.1) is 0 Å². The fourth-order valence-electron chi connectivity index (χ4n) is 0.300. The number of hydrogen-bond donors (Lipinski definition) is 2. The zero-order chi connectivity index (χ0) is 12.0. The summed E-state index contributed by atoms with van der Waals surface area (Å²) in [4.78, 5) is 0. The third-order valence-corrected chi connectivity index (χ3v) is 2.92. The van der Waals surface area contributed by atoms with E-state index in [-0.39, 0.29) is 37.7 Å². The Morgan fingerprint density at radius 3 is 0.875 bits per heavy atom. The standard InChI is InChI=1S/C2H2F4O6S2.2Li.2H/c3-1(4,13(7,8)9)2(5,6)14(10,11)12;;;;/h(H,7,8,9)(H,10,11,12);;;;. The Balaban J connectivity index is -0.000000845. The maximum absolute atomic E-state index is 12.1. The summed E-state index contributed by atoms with van der Waals surface area (Å²) >= 11 is 0. The van der Waals surface area contributed by atoms with Gasteiger partial charge in [-0.15, -0.1) is 0 Å². The van der Waals surface area contributed by atoms with Gasteiger partial charge in [-0.3, -0.25) is 9.11 Å². The van der Waals surface area contributed by atoms with Crippen molar-refractivity contribution in [2.75, 3.05) is 0 Å². The van der Waals surface area contributed by atoms with Crippen LogP contribution in [0.3, 0.4) is 0 Å². The van der Waals surface area contributed by atoms with Gasteiger partial charge in [0.2, 0.25) is 0 Å². The Labute approximate surface area is 112 Å². The number of rotatable bonds is 3. The molecular formula is C2H4F4Li2O6S2. The molecule has 0 aliphatic rings. The average molecular weight is 278 g/mol. The van der Waals surface area contributed by atoms with Crippen LogP contribution in [-0.2, 0) is 20.2 Å². The van der Waals surface area contributed by atoms with Crippen molar-refractivity contribution in [1.29, 1.82) is 0 Å². The molecule has 0 aromatic rings. The summed E-state index contributed by atoms with van der Waals surface area (Å²) in [7, 11) is -13.3. The molecule has 0 saturated carbocycles. The SMILES string of the molecule is O=S(=O)(O)C(F)(F)C(F)(F)S(=O)(=O)O.[LiH].[LiH]. The molecule has 0 aromatic heterocycles. The molecule has 6 nitrogen and oxygen atoms in total. The molecule has 90 valence electrons. The molecule has 2 N–H and O–H groups in total. The first-order chi connectivity index (χ1) is 5.75. The summed E-state index contributed by atoms with van der Waals surface area (Å²) in [5.74, 6) is 0. The number of alkyl halides is 4. The van der Waals surface area contributed by atoms with Gasteiger partial charge < -0.3 is 0 Å². The molecule has 0 aliphatic carbocycles. The minimum absolute atomic E-state index is 0. The third-order valence-electron chi connectivity index (χ3n) is 0.987. The summed E-state index contributed by atoms with van der Waals surface area (Å²) < 4.78 is 102. The minimum atomic E-state index is -6.67. The van der Waals surface area contributed by atoms with Gasteiger partial charge in [0.15, 0.2) is 0 Å². The van der Waals surface area contributed by atoms with Crippen LogP contribution in [0.2, 0.25) is 0 Å². The number of hydrogen-bond acceptors (Lipinski definition) is 4. The zero-order valence-electron chi connectivity index (χ0n) is 5.86. The summed E-state index contributed by atoms with van der Waals surface area (Å²) in [6, 6.07) is 0. The summed E-state index contributed by atoms with van der Waals surface area (Å²) in [5.41, 5.74) is 0. The molecule has 16 heavy (non-hydrogen) atoms. The predicted molar refractivity (Wildman–Crippen MR) is 47.3 cm³/mol. The van der Waals surface area contributed by atoms with E-state index in [0.29, 0.717) is 0 Å². The van der Waals surface area contributed by atoms with E-state index in [1.807, 2.05) is 0 Å². The second kappa shape index (κ2) is 5.58. The van der Waals surface area contributed by atoms with Gasteiger partial charge in [-0.05, 0) is 0 Å². The molecular weight excluding hydrogens is 274 g/mol. The van der Waals surface area contributed by atoms with E-state index in [2.05, 4.69) is 0 Å². The van der Waals surface area contributed by atoms with Crippen LogP contribution in [0.1, 0.15) is 0 Å². The van der Waals surface area contributed by atoms with E-state index < -0.39 is 30.7 Å². The van der Waals surface area contributed by atoms with Crippen molar-refractivity contribution >= 4 is 58.0 Å². The monoisotopic (exact) mass is 278 g/mol. The van der Waals surface area contributed by atoms with Crippen molar-refractivity contribution in [1.82, 2.24) is 0 Å². The van der Waals surface area contributed by atoms with Crippen LogP contribution in [0, 0.1) is 0 Å². The van der Waals surface area contributed by atoms with E-state index in [0.717, 1.165) is 0 Å². The molecule has 0 unspecified atom stereocenters. The summed E-state index contributed by atoms with van der Waals surface area (Å²) in [5, 5.41) is -12.7. The first-order valence-electron chi connectivity index (χ1n) is 2.45. The van der Waals surface area contributed by atoms with E-state index in [4.69, 9.17) is 9.11 Å². The quantitative estimate of drug-likeness (QED) is 0.375. The second-order valence-corrected chi connectivity index (χ2v) is 4.91. The molecule has 0 aromatic carbocycles. The van der Waals surface area contributed by atoms with Crippen molar-refractivity contribution in [2.45, 2.75) is 10.5 Å². The Morgan fingerprint density at radius 1 is 0.688 bits per heavy atom. The molecule has 0 fully saturated rings. The molecule has 0 rings (SSSR count). The van der Waals surface area contributed by atoms with E-state index >= 15 is 0 Å². The van der Waals surface area contributed by atoms with Crippen LogP contribution in [-0.4, -0.2) is 74.2 Å². The topological polar surface area (TPSA) is 109 Å². The molecule has 0 atom stereocenters. The fraction of sp³-hybridized carbons (Fsp3) is 1.00. The molecule has 0 radical (unpaired) electrons. The summed E-state index contributed by atoms with van der Waals surface area (Å²) in [6.07, 6.45) is 0. The van der Waals surface area contributed by atoms with Crippen LogP contribution >= 0.6 is 0 Å². The Morgan fingerprint density at radius 2 is 0.812 bits per heavy atom. The van der Waals surface area contributed by atoms with Crippen molar-refractivity contribution in [3.63, 3.8) is 0 Å².